The van der Waals surface area contributed by atoms with Crippen molar-refractivity contribution in [3.8, 4) is 5.75 Å². The third kappa shape index (κ3) is 6.56. The highest BCUT2D eigenvalue weighted by molar-refractivity contribution is 7.79. The lowest BCUT2D eigenvalue weighted by atomic mass is 10.3. The lowest BCUT2D eigenvalue weighted by molar-refractivity contribution is 0.0983. The van der Waals surface area contributed by atoms with E-state index in [1.165, 1.54) is 0 Å². The first kappa shape index (κ1) is 22.3. The van der Waals surface area contributed by atoms with Gasteiger partial charge in [0, 0.05) is 5.02 Å². The van der Waals surface area contributed by atoms with Crippen molar-refractivity contribution in [2.75, 3.05) is 0 Å². The van der Waals surface area contributed by atoms with E-state index >= 15 is 0 Å². The zero-order valence-corrected chi connectivity index (χ0v) is 18.2. The molecule has 1 atom stereocenters. The molecule has 2 heterocycles. The Bertz CT molecular complexity index is 993. The number of hydrogen-bond donors (Lipinski definition) is 1. The summed E-state index contributed by atoms with van der Waals surface area (Å²) in [4.78, 5) is 22.9. The first-order valence-corrected chi connectivity index (χ1v) is 10.6. The van der Waals surface area contributed by atoms with Crippen molar-refractivity contribution >= 4 is 68.7 Å². The third-order valence-electron chi connectivity index (χ3n) is 2.85. The molecule has 0 bridgehead atoms. The van der Waals surface area contributed by atoms with Gasteiger partial charge in [-0.2, -0.15) is 4.21 Å². The predicted octanol–water partition coefficient (Wildman–Crippen LogP) is 3.11. The Morgan fingerprint density at radius 3 is 2.00 bits per heavy atom. The van der Waals surface area contributed by atoms with Crippen LogP contribution in [0.5, 0.6) is 5.75 Å². The van der Waals surface area contributed by atoms with E-state index < -0.39 is 22.4 Å². The molecule has 0 spiro atoms. The summed E-state index contributed by atoms with van der Waals surface area (Å²) in [6.45, 7) is 3.33. The van der Waals surface area contributed by atoms with Gasteiger partial charge in [0.1, 0.15) is 15.5 Å². The SMILES string of the molecule is Cc1nnsc1C(=O)Cl.Cc1nnsc1C(=O)NS(=O)Oc1ccc(Cl)cc1. The molecule has 1 aromatic carbocycles. The van der Waals surface area contributed by atoms with Crippen LogP contribution < -0.4 is 8.91 Å². The Balaban J connectivity index is 0.000000261. The van der Waals surface area contributed by atoms with Crippen LogP contribution in [0.4, 0.5) is 0 Å². The Hall–Kier alpha value is -1.99. The molecule has 2 aromatic heterocycles. The van der Waals surface area contributed by atoms with Crippen molar-refractivity contribution < 1.29 is 18.0 Å². The minimum Gasteiger partial charge on any atom is -0.385 e. The van der Waals surface area contributed by atoms with Crippen LogP contribution in [0.25, 0.3) is 0 Å². The molecule has 14 heteroatoms. The highest BCUT2D eigenvalue weighted by Gasteiger charge is 2.16. The summed E-state index contributed by atoms with van der Waals surface area (Å²) in [7, 11) is 0. The van der Waals surface area contributed by atoms with Crippen molar-refractivity contribution in [1.82, 2.24) is 23.9 Å². The average Bonchev–Trinajstić information content (AvgIpc) is 3.25. The summed E-state index contributed by atoms with van der Waals surface area (Å²) in [6, 6.07) is 6.28. The zero-order valence-electron chi connectivity index (χ0n) is 14.2. The van der Waals surface area contributed by atoms with E-state index in [4.69, 9.17) is 27.4 Å². The number of benzene rings is 1. The normalized spacial score (nSPS) is 11.1. The molecule has 9 nitrogen and oxygen atoms in total. The summed E-state index contributed by atoms with van der Waals surface area (Å²) < 4.78 is 26.0. The van der Waals surface area contributed by atoms with Gasteiger partial charge in [-0.15, -0.1) is 10.2 Å². The first-order valence-electron chi connectivity index (χ1n) is 7.22. The maximum atomic E-state index is 11.7. The second-order valence-corrected chi connectivity index (χ2v) is 7.98. The standard InChI is InChI=1S/C10H8ClN3O3S2.C4H3ClN2OS/c1-6-9(18-14-12-6)10(15)13-19(16)17-8-4-2-7(11)3-5-8;1-2-3(4(5)8)9-7-6-2/h2-5H,1H3,(H,13,15);1H3. The monoisotopic (exact) mass is 479 g/mol. The zero-order chi connectivity index (χ0) is 20.7. The lowest BCUT2D eigenvalue weighted by Crippen LogP contribution is -2.28. The van der Waals surface area contributed by atoms with Crippen molar-refractivity contribution in [3.63, 3.8) is 0 Å². The molecule has 3 aromatic rings. The van der Waals surface area contributed by atoms with Gasteiger partial charge in [-0.3, -0.25) is 9.59 Å². The summed E-state index contributed by atoms with van der Waals surface area (Å²) in [5, 5.41) is 7.34. The van der Waals surface area contributed by atoms with Crippen LogP contribution in [-0.2, 0) is 11.3 Å². The number of hydrogen-bond acceptors (Lipinski definition) is 10. The highest BCUT2D eigenvalue weighted by atomic mass is 35.5. The van der Waals surface area contributed by atoms with E-state index in [2.05, 4.69) is 23.9 Å². The van der Waals surface area contributed by atoms with E-state index in [-0.39, 0.29) is 0 Å². The van der Waals surface area contributed by atoms with Gasteiger partial charge in [0.05, 0.1) is 11.4 Å². The Labute approximate surface area is 180 Å². The van der Waals surface area contributed by atoms with Gasteiger partial charge in [-0.25, -0.2) is 4.72 Å². The molecular weight excluding hydrogens is 469 g/mol. The highest BCUT2D eigenvalue weighted by Crippen LogP contribution is 2.16. The van der Waals surface area contributed by atoms with Gasteiger partial charge in [-0.1, -0.05) is 20.6 Å². The number of rotatable bonds is 5. The minimum atomic E-state index is -1.99. The largest absolute Gasteiger partial charge is 0.385 e. The molecule has 3 rings (SSSR count). The quantitative estimate of drug-likeness (QED) is 0.553. The van der Waals surface area contributed by atoms with Gasteiger partial charge >= 0.3 is 11.3 Å². The van der Waals surface area contributed by atoms with Gasteiger partial charge < -0.3 is 4.18 Å². The van der Waals surface area contributed by atoms with Crippen LogP contribution in [0, 0.1) is 13.8 Å². The summed E-state index contributed by atoms with van der Waals surface area (Å²) >= 11 is 10.8. The lowest BCUT2D eigenvalue weighted by Gasteiger charge is -2.05. The van der Waals surface area contributed by atoms with E-state index in [0.29, 0.717) is 31.9 Å². The first-order chi connectivity index (χ1) is 13.3. The average molecular weight is 480 g/mol. The molecule has 0 saturated heterocycles. The van der Waals surface area contributed by atoms with E-state index in [1.54, 1.807) is 38.1 Å². The molecule has 28 heavy (non-hydrogen) atoms. The maximum absolute atomic E-state index is 11.7. The number of carbonyl (C=O) groups excluding carboxylic acids is 2. The molecule has 1 unspecified atom stereocenters. The van der Waals surface area contributed by atoms with Crippen LogP contribution in [0.2, 0.25) is 5.02 Å². The Kier molecular flexibility index (Phi) is 8.38. The van der Waals surface area contributed by atoms with E-state index in [1.807, 2.05) is 0 Å². The second kappa shape index (κ2) is 10.5. The number of aryl methyl sites for hydroxylation is 2. The fourth-order valence-corrected chi connectivity index (χ4v) is 3.63. The molecule has 148 valence electrons. The van der Waals surface area contributed by atoms with Gasteiger partial charge in [0.25, 0.3) is 11.1 Å². The molecule has 0 aliphatic heterocycles. The molecule has 1 amide bonds. The molecule has 1 N–H and O–H groups in total. The molecule has 0 saturated carbocycles. The van der Waals surface area contributed by atoms with Gasteiger partial charge in [0.2, 0.25) is 0 Å². The van der Waals surface area contributed by atoms with Crippen LogP contribution in [0.3, 0.4) is 0 Å². The van der Waals surface area contributed by atoms with E-state index in [9.17, 15) is 13.8 Å². The maximum Gasteiger partial charge on any atom is 0.318 e. The van der Waals surface area contributed by atoms with Crippen molar-refractivity contribution in [2.24, 2.45) is 0 Å². The number of carbonyl (C=O) groups is 2. The number of halogens is 2. The second-order valence-electron chi connectivity index (χ2n) is 4.85. The molecule has 0 radical (unpaired) electrons. The van der Waals surface area contributed by atoms with Crippen molar-refractivity contribution in [1.29, 1.82) is 0 Å². The smallest absolute Gasteiger partial charge is 0.318 e. The number of aromatic nitrogens is 4. The topological polar surface area (TPSA) is 124 Å². The number of nitrogens with one attached hydrogen (secondary N) is 1. The summed E-state index contributed by atoms with van der Waals surface area (Å²) in [5.74, 6) is -0.206. The van der Waals surface area contributed by atoms with E-state index in [0.717, 1.165) is 23.1 Å². The molecule has 0 aliphatic rings. The molecule has 0 aliphatic carbocycles. The number of nitrogens with zero attached hydrogens (tertiary/aromatic N) is 4. The molecular formula is C14H11Cl2N5O4S3. The predicted molar refractivity (Wildman–Crippen MR) is 107 cm³/mol. The van der Waals surface area contributed by atoms with Crippen LogP contribution >= 0.6 is 46.3 Å². The van der Waals surface area contributed by atoms with Gasteiger partial charge in [0.15, 0.2) is 0 Å². The minimum absolute atomic E-state index is 0.299. The Morgan fingerprint density at radius 2 is 1.57 bits per heavy atom. The van der Waals surface area contributed by atoms with Crippen LogP contribution in [0.15, 0.2) is 24.3 Å². The third-order valence-corrected chi connectivity index (χ3v) is 5.75. The van der Waals surface area contributed by atoms with Gasteiger partial charge in [-0.05, 0) is 72.8 Å². The fourth-order valence-electron chi connectivity index (χ4n) is 1.57. The summed E-state index contributed by atoms with van der Waals surface area (Å²) in [6.07, 6.45) is 0. The number of amides is 1. The van der Waals surface area contributed by atoms with Crippen molar-refractivity contribution in [2.45, 2.75) is 13.8 Å². The molecule has 0 fully saturated rings. The fraction of sp³-hybridized carbons (Fsp3) is 0.143. The van der Waals surface area contributed by atoms with Crippen molar-refractivity contribution in [3.05, 3.63) is 50.4 Å². The van der Waals surface area contributed by atoms with Crippen LogP contribution in [0.1, 0.15) is 30.7 Å². The Morgan fingerprint density at radius 1 is 1.04 bits per heavy atom. The van der Waals surface area contributed by atoms with Crippen LogP contribution in [-0.4, -0.2) is 34.5 Å². The summed E-state index contributed by atoms with van der Waals surface area (Å²) in [5.41, 5.74) is 1.07.